The van der Waals surface area contributed by atoms with Crippen molar-refractivity contribution in [2.75, 3.05) is 13.7 Å². The van der Waals surface area contributed by atoms with E-state index < -0.39 is 28.1 Å². The topological polar surface area (TPSA) is 96.9 Å². The van der Waals surface area contributed by atoms with Gasteiger partial charge in [-0.2, -0.15) is 4.31 Å². The molecule has 4 rings (SSSR count). The largest absolute Gasteiger partial charge is 0.465 e. The third kappa shape index (κ3) is 4.43. The first-order valence-electron chi connectivity index (χ1n) is 10.9. The maximum absolute atomic E-state index is 13.8. The third-order valence-corrected chi connectivity index (χ3v) is 8.28. The van der Waals surface area contributed by atoms with Crippen LogP contribution < -0.4 is 0 Å². The number of hydrogen-bond acceptors (Lipinski definition) is 6. The summed E-state index contributed by atoms with van der Waals surface area (Å²) in [5.41, 5.74) is 0.882. The molecule has 2 aromatic rings. The number of pyridine rings is 1. The number of methoxy groups -OCH3 is 1. The molecule has 2 bridgehead atoms. The molecule has 174 valence electrons. The van der Waals surface area contributed by atoms with Crippen LogP contribution in [0.3, 0.4) is 0 Å². The lowest BCUT2D eigenvalue weighted by molar-refractivity contribution is -0.135. The molecule has 0 spiro atoms. The predicted octanol–water partition coefficient (Wildman–Crippen LogP) is 2.62. The van der Waals surface area contributed by atoms with Crippen LogP contribution in [0, 0.1) is 5.92 Å². The molecule has 0 radical (unpaired) electrons. The normalized spacial score (nSPS) is 23.6. The van der Waals surface area contributed by atoms with Gasteiger partial charge in [-0.05, 0) is 49.6 Å². The molecule has 33 heavy (non-hydrogen) atoms. The van der Waals surface area contributed by atoms with Crippen LogP contribution in [-0.4, -0.2) is 60.2 Å². The van der Waals surface area contributed by atoms with E-state index in [0.717, 1.165) is 12.1 Å². The summed E-state index contributed by atoms with van der Waals surface area (Å²) >= 11 is 0. The van der Waals surface area contributed by atoms with Gasteiger partial charge in [0.1, 0.15) is 6.04 Å². The van der Waals surface area contributed by atoms with E-state index in [9.17, 15) is 18.0 Å². The third-order valence-electron chi connectivity index (χ3n) is 6.35. The monoisotopic (exact) mass is 469 g/mol. The molecule has 2 aliphatic heterocycles. The first-order chi connectivity index (χ1) is 15.9. The van der Waals surface area contributed by atoms with Crippen molar-refractivity contribution in [3.63, 3.8) is 0 Å². The quantitative estimate of drug-likeness (QED) is 0.477. The minimum absolute atomic E-state index is 0.0314. The van der Waals surface area contributed by atoms with Crippen LogP contribution in [-0.2, 0) is 26.1 Å². The van der Waals surface area contributed by atoms with E-state index in [1.807, 2.05) is 18.2 Å². The average Bonchev–Trinajstić information content (AvgIpc) is 2.91. The van der Waals surface area contributed by atoms with Crippen molar-refractivity contribution in [1.29, 1.82) is 0 Å². The summed E-state index contributed by atoms with van der Waals surface area (Å²) in [4.78, 5) is 31.6. The molecule has 0 aliphatic carbocycles. The van der Waals surface area contributed by atoms with Crippen LogP contribution >= 0.6 is 0 Å². The minimum atomic E-state index is -4.07. The molecule has 3 atom stereocenters. The molecular formula is C24H27N3O5S. The molecule has 2 aliphatic rings. The minimum Gasteiger partial charge on any atom is -0.465 e. The number of fused-ring (bicyclic) bond motifs is 2. The highest BCUT2D eigenvalue weighted by Gasteiger charge is 2.49. The van der Waals surface area contributed by atoms with Gasteiger partial charge in [0.05, 0.1) is 29.8 Å². The van der Waals surface area contributed by atoms with Gasteiger partial charge < -0.3 is 9.64 Å². The van der Waals surface area contributed by atoms with E-state index in [1.54, 1.807) is 17.2 Å². The van der Waals surface area contributed by atoms with Gasteiger partial charge in [0.25, 0.3) is 0 Å². The van der Waals surface area contributed by atoms with Crippen LogP contribution in [0.15, 0.2) is 66.2 Å². The van der Waals surface area contributed by atoms with Crippen molar-refractivity contribution in [3.05, 3.63) is 72.6 Å². The number of hydrogen-bond donors (Lipinski definition) is 0. The fraction of sp³-hybridized carbons (Fsp3) is 0.375. The van der Waals surface area contributed by atoms with Crippen LogP contribution in [0.5, 0.6) is 0 Å². The Labute approximate surface area is 193 Å². The highest BCUT2D eigenvalue weighted by molar-refractivity contribution is 7.89. The molecule has 1 aromatic heterocycles. The van der Waals surface area contributed by atoms with E-state index in [0.29, 0.717) is 25.9 Å². The van der Waals surface area contributed by atoms with Crippen molar-refractivity contribution in [2.24, 2.45) is 5.92 Å². The standard InChI is InChI=1S/C24H27N3O5S/c1-3-17-15-26(16-19-9-4-5-13-25-19)23(28)22-12-7-11-21(17)27(22)33(30,31)20-10-6-8-18(14-20)24(29)32-2/h3-6,8-10,13-14,17,21-22H,1,7,11-12,15-16H2,2H3/t17-,21-,22?/m0/s1. The molecule has 0 N–H and O–H groups in total. The molecular weight excluding hydrogens is 442 g/mol. The Morgan fingerprint density at radius 1 is 1.24 bits per heavy atom. The Hall–Kier alpha value is -3.04. The Balaban J connectivity index is 1.74. The van der Waals surface area contributed by atoms with Gasteiger partial charge in [-0.3, -0.25) is 9.78 Å². The average molecular weight is 470 g/mol. The van der Waals surface area contributed by atoms with Crippen LogP contribution in [0.4, 0.5) is 0 Å². The fourth-order valence-electron chi connectivity index (χ4n) is 4.75. The zero-order valence-corrected chi connectivity index (χ0v) is 19.3. The van der Waals surface area contributed by atoms with Gasteiger partial charge in [-0.25, -0.2) is 13.2 Å². The number of sulfonamides is 1. The Bertz CT molecular complexity index is 1150. The lowest BCUT2D eigenvalue weighted by Crippen LogP contribution is -2.54. The first-order valence-corrected chi connectivity index (χ1v) is 12.3. The SMILES string of the molecule is C=C[C@H]1CN(Cc2ccccn2)C(=O)C2CCC[C@@H]1N2S(=O)(=O)c1cccc(C(=O)OC)c1. The maximum Gasteiger partial charge on any atom is 0.337 e. The molecule has 0 saturated carbocycles. The smallest absolute Gasteiger partial charge is 0.337 e. The second kappa shape index (κ2) is 9.44. The lowest BCUT2D eigenvalue weighted by atomic mass is 9.90. The fourth-order valence-corrected chi connectivity index (χ4v) is 6.67. The van der Waals surface area contributed by atoms with Crippen molar-refractivity contribution >= 4 is 21.9 Å². The van der Waals surface area contributed by atoms with Crippen molar-refractivity contribution in [1.82, 2.24) is 14.2 Å². The summed E-state index contributed by atoms with van der Waals surface area (Å²) in [5, 5.41) is 0. The van der Waals surface area contributed by atoms with Gasteiger partial charge in [0, 0.05) is 24.7 Å². The van der Waals surface area contributed by atoms with E-state index >= 15 is 0 Å². The number of ether oxygens (including phenoxy) is 1. The molecule has 1 amide bonds. The summed E-state index contributed by atoms with van der Waals surface area (Å²) in [6.45, 7) is 4.62. The van der Waals surface area contributed by atoms with Crippen molar-refractivity contribution < 1.29 is 22.7 Å². The molecule has 2 fully saturated rings. The van der Waals surface area contributed by atoms with Crippen LogP contribution in [0.1, 0.15) is 35.3 Å². The molecule has 1 aromatic carbocycles. The Kier molecular flexibility index (Phi) is 6.62. The first kappa shape index (κ1) is 23.1. The molecule has 9 heteroatoms. The number of nitrogens with zero attached hydrogens (tertiary/aromatic N) is 3. The van der Waals surface area contributed by atoms with Gasteiger partial charge in [0.15, 0.2) is 0 Å². The van der Waals surface area contributed by atoms with Gasteiger partial charge >= 0.3 is 5.97 Å². The lowest BCUT2D eigenvalue weighted by Gasteiger charge is -2.40. The van der Waals surface area contributed by atoms with Crippen LogP contribution in [0.25, 0.3) is 0 Å². The number of esters is 1. The maximum atomic E-state index is 13.8. The molecule has 1 unspecified atom stereocenters. The summed E-state index contributed by atoms with van der Waals surface area (Å²) in [6.07, 6.45) is 5.23. The predicted molar refractivity (Wildman–Crippen MR) is 122 cm³/mol. The van der Waals surface area contributed by atoms with E-state index in [-0.39, 0.29) is 22.3 Å². The highest BCUT2D eigenvalue weighted by Crippen LogP contribution is 2.37. The zero-order valence-electron chi connectivity index (χ0n) is 18.5. The number of rotatable bonds is 6. The number of amides is 1. The molecule has 8 nitrogen and oxygen atoms in total. The Morgan fingerprint density at radius 2 is 2.06 bits per heavy atom. The number of carbonyl (C=O) groups is 2. The number of benzene rings is 1. The van der Waals surface area contributed by atoms with Crippen LogP contribution in [0.2, 0.25) is 0 Å². The highest BCUT2D eigenvalue weighted by atomic mass is 32.2. The number of piperidine rings is 1. The summed E-state index contributed by atoms with van der Waals surface area (Å²) in [7, 11) is -2.82. The second-order valence-electron chi connectivity index (χ2n) is 8.31. The van der Waals surface area contributed by atoms with Crippen molar-refractivity contribution in [3.8, 4) is 0 Å². The molecule has 2 saturated heterocycles. The van der Waals surface area contributed by atoms with Gasteiger partial charge in [0.2, 0.25) is 15.9 Å². The summed E-state index contributed by atoms with van der Waals surface area (Å²) in [6, 6.07) is 10.1. The summed E-state index contributed by atoms with van der Waals surface area (Å²) in [5.74, 6) is -1.09. The second-order valence-corrected chi connectivity index (χ2v) is 10.2. The van der Waals surface area contributed by atoms with Gasteiger partial charge in [-0.15, -0.1) is 6.58 Å². The van der Waals surface area contributed by atoms with E-state index in [4.69, 9.17) is 4.74 Å². The molecule has 3 heterocycles. The Morgan fingerprint density at radius 3 is 2.76 bits per heavy atom. The zero-order chi connectivity index (χ0) is 23.6. The number of aromatic nitrogens is 1. The van der Waals surface area contributed by atoms with Gasteiger partial charge in [-0.1, -0.05) is 18.2 Å². The summed E-state index contributed by atoms with van der Waals surface area (Å²) < 4.78 is 33.8. The van der Waals surface area contributed by atoms with Crippen molar-refractivity contribution in [2.45, 2.75) is 42.8 Å². The van der Waals surface area contributed by atoms with E-state index in [1.165, 1.54) is 35.7 Å². The van der Waals surface area contributed by atoms with E-state index in [2.05, 4.69) is 11.6 Å². The number of carbonyl (C=O) groups excluding carboxylic acids is 2.